The summed E-state index contributed by atoms with van der Waals surface area (Å²) < 4.78 is 1.08. The van der Waals surface area contributed by atoms with Gasteiger partial charge in [0.25, 0.3) is 0 Å². The lowest BCUT2D eigenvalue weighted by Gasteiger charge is -2.12. The first-order valence-electron chi connectivity index (χ1n) is 5.76. The van der Waals surface area contributed by atoms with Crippen molar-refractivity contribution >= 4 is 57.3 Å². The monoisotopic (exact) mass is 407 g/mol. The van der Waals surface area contributed by atoms with Crippen LogP contribution in [0.5, 0.6) is 0 Å². The first-order chi connectivity index (χ1) is 9.01. The number of nitrogens with one attached hydrogen (secondary N) is 1. The molecule has 100 valence electrons. The van der Waals surface area contributed by atoms with Crippen LogP contribution in [0.2, 0.25) is 10.2 Å². The van der Waals surface area contributed by atoms with Crippen molar-refractivity contribution in [2.75, 3.05) is 5.32 Å². The van der Waals surface area contributed by atoms with Gasteiger partial charge < -0.3 is 5.32 Å². The molecule has 0 unspecified atom stereocenters. The van der Waals surface area contributed by atoms with E-state index < -0.39 is 0 Å². The fourth-order valence-electron chi connectivity index (χ4n) is 1.53. The number of benzene rings is 1. The molecule has 1 heterocycles. The number of halogens is 3. The molecule has 0 radical (unpaired) electrons. The van der Waals surface area contributed by atoms with E-state index >= 15 is 0 Å². The van der Waals surface area contributed by atoms with Gasteiger partial charge in [0.1, 0.15) is 16.8 Å². The summed E-state index contributed by atoms with van der Waals surface area (Å²) in [5.74, 6) is 1.40. The first-order valence-corrected chi connectivity index (χ1v) is 7.59. The zero-order chi connectivity index (χ0) is 14.0. The molecule has 0 atom stereocenters. The van der Waals surface area contributed by atoms with E-state index in [2.05, 4.69) is 37.9 Å². The van der Waals surface area contributed by atoms with Crippen molar-refractivity contribution in [2.24, 2.45) is 0 Å². The molecule has 0 fully saturated rings. The fourth-order valence-corrected chi connectivity index (χ4v) is 2.62. The smallest absolute Gasteiger partial charge is 0.138 e. The van der Waals surface area contributed by atoms with Gasteiger partial charge in [-0.25, -0.2) is 9.97 Å². The second kappa shape index (κ2) is 6.24. The van der Waals surface area contributed by atoms with Crippen molar-refractivity contribution in [2.45, 2.75) is 20.3 Å². The molecule has 0 saturated carbocycles. The highest BCUT2D eigenvalue weighted by molar-refractivity contribution is 14.1. The highest BCUT2D eigenvalue weighted by atomic mass is 127. The molecule has 6 heteroatoms. The molecule has 3 nitrogen and oxygen atoms in total. The first kappa shape index (κ1) is 14.8. The number of anilines is 2. The molecular weight excluding hydrogens is 396 g/mol. The predicted molar refractivity (Wildman–Crippen MR) is 88.6 cm³/mol. The maximum atomic E-state index is 6.20. The lowest BCUT2D eigenvalue weighted by atomic mass is 10.3. The van der Waals surface area contributed by atoms with Gasteiger partial charge in [0.2, 0.25) is 0 Å². The number of aromatic nitrogens is 2. The summed E-state index contributed by atoms with van der Waals surface area (Å²) in [6, 6.07) is 5.79. The number of rotatable bonds is 3. The van der Waals surface area contributed by atoms with E-state index in [-0.39, 0.29) is 0 Å². The van der Waals surface area contributed by atoms with Crippen molar-refractivity contribution in [3.63, 3.8) is 0 Å². The van der Waals surface area contributed by atoms with E-state index in [1.807, 2.05) is 32.0 Å². The minimum Gasteiger partial charge on any atom is -0.339 e. The third kappa shape index (κ3) is 3.49. The number of hydrogen-bond donors (Lipinski definition) is 1. The van der Waals surface area contributed by atoms with E-state index in [4.69, 9.17) is 23.2 Å². The Morgan fingerprint density at radius 1 is 1.26 bits per heavy atom. The van der Waals surface area contributed by atoms with Crippen LogP contribution in [0.25, 0.3) is 0 Å². The third-order valence-corrected chi connectivity index (χ3v) is 3.98. The molecule has 2 rings (SSSR count). The molecule has 0 aliphatic heterocycles. The number of nitrogens with zero attached hydrogens (tertiary/aromatic N) is 2. The van der Waals surface area contributed by atoms with Gasteiger partial charge in [0, 0.05) is 15.6 Å². The van der Waals surface area contributed by atoms with E-state index in [1.165, 1.54) is 0 Å². The maximum Gasteiger partial charge on any atom is 0.138 e. The number of hydrogen-bond acceptors (Lipinski definition) is 3. The van der Waals surface area contributed by atoms with Gasteiger partial charge in [-0.2, -0.15) is 0 Å². The normalized spacial score (nSPS) is 10.6. The highest BCUT2D eigenvalue weighted by Crippen LogP contribution is 2.29. The molecule has 1 N–H and O–H groups in total. The van der Waals surface area contributed by atoms with Crippen LogP contribution in [0.3, 0.4) is 0 Å². The molecule has 0 aliphatic carbocycles. The largest absolute Gasteiger partial charge is 0.339 e. The fraction of sp³-hybridized carbons (Fsp3) is 0.231. The highest BCUT2D eigenvalue weighted by Gasteiger charge is 2.10. The molecular formula is C13H12Cl2IN3. The van der Waals surface area contributed by atoms with Gasteiger partial charge in [0.15, 0.2) is 0 Å². The molecule has 1 aromatic heterocycles. The Morgan fingerprint density at radius 3 is 2.63 bits per heavy atom. The van der Waals surface area contributed by atoms with Crippen molar-refractivity contribution in [3.8, 4) is 0 Å². The average molecular weight is 408 g/mol. The Hall–Kier alpha value is -0.590. The van der Waals surface area contributed by atoms with E-state index in [0.717, 1.165) is 21.2 Å². The van der Waals surface area contributed by atoms with Crippen LogP contribution < -0.4 is 5.32 Å². The predicted octanol–water partition coefficient (Wildman–Crippen LogP) is 5.00. The van der Waals surface area contributed by atoms with E-state index in [9.17, 15) is 0 Å². The zero-order valence-corrected chi connectivity index (χ0v) is 14.1. The van der Waals surface area contributed by atoms with Crippen molar-refractivity contribution in [1.29, 1.82) is 0 Å². The molecule has 0 amide bonds. The third-order valence-electron chi connectivity index (χ3n) is 2.63. The summed E-state index contributed by atoms with van der Waals surface area (Å²) in [5.41, 5.74) is 1.62. The average Bonchev–Trinajstić information content (AvgIpc) is 2.37. The molecule has 2 aromatic rings. The molecule has 19 heavy (non-hydrogen) atoms. The number of aryl methyl sites for hydroxylation is 1. The Kier molecular flexibility index (Phi) is 4.86. The maximum absolute atomic E-state index is 6.20. The van der Waals surface area contributed by atoms with Crippen LogP contribution in [-0.4, -0.2) is 9.97 Å². The van der Waals surface area contributed by atoms with Gasteiger partial charge in [-0.1, -0.05) is 30.1 Å². The van der Waals surface area contributed by atoms with Crippen LogP contribution in [0.15, 0.2) is 18.2 Å². The van der Waals surface area contributed by atoms with E-state index in [0.29, 0.717) is 21.8 Å². The van der Waals surface area contributed by atoms with Crippen LogP contribution in [0.1, 0.15) is 18.3 Å². The van der Waals surface area contributed by atoms with Crippen molar-refractivity contribution in [1.82, 2.24) is 9.97 Å². The second-order valence-electron chi connectivity index (χ2n) is 4.01. The van der Waals surface area contributed by atoms with Crippen LogP contribution in [-0.2, 0) is 6.42 Å². The topological polar surface area (TPSA) is 37.8 Å². The molecule has 0 saturated heterocycles. The Balaban J connectivity index is 2.40. The summed E-state index contributed by atoms with van der Waals surface area (Å²) in [4.78, 5) is 8.65. The van der Waals surface area contributed by atoms with Gasteiger partial charge >= 0.3 is 0 Å². The minimum atomic E-state index is 0.469. The second-order valence-corrected chi connectivity index (χ2v) is 6.02. The van der Waals surface area contributed by atoms with Gasteiger partial charge in [-0.15, -0.1) is 0 Å². The van der Waals surface area contributed by atoms with Crippen molar-refractivity contribution < 1.29 is 0 Å². The lowest BCUT2D eigenvalue weighted by Crippen LogP contribution is -2.03. The SMILES string of the molecule is CCc1nc(Cl)c(C)c(Nc2ccc(I)cc2Cl)n1. The van der Waals surface area contributed by atoms with Crippen LogP contribution in [0.4, 0.5) is 11.5 Å². The van der Waals surface area contributed by atoms with E-state index in [1.54, 1.807) is 0 Å². The zero-order valence-electron chi connectivity index (χ0n) is 10.5. The Labute approximate surface area is 135 Å². The minimum absolute atomic E-state index is 0.469. The quantitative estimate of drug-likeness (QED) is 0.574. The molecule has 1 aromatic carbocycles. The van der Waals surface area contributed by atoms with Crippen LogP contribution in [0, 0.1) is 10.5 Å². The standard InChI is InChI=1S/C13H12Cl2IN3/c1-3-11-18-12(15)7(2)13(19-11)17-10-5-4-8(16)6-9(10)14/h4-6H,3H2,1-2H3,(H,17,18,19). The van der Waals surface area contributed by atoms with Gasteiger partial charge in [0.05, 0.1) is 10.7 Å². The van der Waals surface area contributed by atoms with Gasteiger partial charge in [-0.05, 0) is 47.7 Å². The van der Waals surface area contributed by atoms with Crippen LogP contribution >= 0.6 is 45.8 Å². The molecule has 0 spiro atoms. The molecule has 0 aliphatic rings. The lowest BCUT2D eigenvalue weighted by molar-refractivity contribution is 0.934. The summed E-state index contributed by atoms with van der Waals surface area (Å²) in [7, 11) is 0. The molecule has 0 bridgehead atoms. The summed E-state index contributed by atoms with van der Waals surface area (Å²) in [6.07, 6.45) is 0.731. The van der Waals surface area contributed by atoms with Crippen molar-refractivity contribution in [3.05, 3.63) is 43.3 Å². The van der Waals surface area contributed by atoms with Gasteiger partial charge in [-0.3, -0.25) is 0 Å². The summed E-state index contributed by atoms with van der Waals surface area (Å²) in [5, 5.41) is 4.33. The summed E-state index contributed by atoms with van der Waals surface area (Å²) >= 11 is 14.5. The Bertz CT molecular complexity index is 617. The summed E-state index contributed by atoms with van der Waals surface area (Å²) in [6.45, 7) is 3.87. The Morgan fingerprint density at radius 2 is 2.00 bits per heavy atom.